The van der Waals surface area contributed by atoms with E-state index in [0.29, 0.717) is 11.8 Å². The molecule has 0 radical (unpaired) electrons. The predicted molar refractivity (Wildman–Crippen MR) is 87.8 cm³/mol. The van der Waals surface area contributed by atoms with Crippen LogP contribution in [0.2, 0.25) is 0 Å². The van der Waals surface area contributed by atoms with Gasteiger partial charge in [0.25, 0.3) is 0 Å². The highest BCUT2D eigenvalue weighted by Crippen LogP contribution is 2.28. The summed E-state index contributed by atoms with van der Waals surface area (Å²) in [7, 11) is 0. The first kappa shape index (κ1) is 16.3. The molecule has 2 heterocycles. The third-order valence-electron chi connectivity index (χ3n) is 4.72. The molecule has 0 unspecified atom stereocenters. The normalized spacial score (nSPS) is 23.4. The molecule has 0 bridgehead atoms. The number of piperidine rings is 2. The number of likely N-dealkylation sites (tertiary alicyclic amines) is 1. The van der Waals surface area contributed by atoms with Crippen LogP contribution in [0.25, 0.3) is 0 Å². The number of nitrogens with one attached hydrogen (secondary N) is 1. The first-order chi connectivity index (χ1) is 9.84. The molecule has 1 aromatic carbocycles. The SMILES string of the molecule is Cl.O=C([C@@H]1CCCNC1)N1CCC(c2ccccc2)CC1. The highest BCUT2D eigenvalue weighted by Gasteiger charge is 2.29. The number of halogens is 1. The van der Waals surface area contributed by atoms with Gasteiger partial charge in [0.2, 0.25) is 5.91 Å². The van der Waals surface area contributed by atoms with Gasteiger partial charge < -0.3 is 10.2 Å². The van der Waals surface area contributed by atoms with E-state index in [4.69, 9.17) is 0 Å². The largest absolute Gasteiger partial charge is 0.342 e. The minimum atomic E-state index is 0. The molecule has 21 heavy (non-hydrogen) atoms. The van der Waals surface area contributed by atoms with Crippen LogP contribution in [0, 0.1) is 5.92 Å². The van der Waals surface area contributed by atoms with Gasteiger partial charge in [0.1, 0.15) is 0 Å². The fraction of sp³-hybridized carbons (Fsp3) is 0.588. The summed E-state index contributed by atoms with van der Waals surface area (Å²) >= 11 is 0. The quantitative estimate of drug-likeness (QED) is 0.911. The highest BCUT2D eigenvalue weighted by molar-refractivity contribution is 5.85. The number of hydrogen-bond donors (Lipinski definition) is 1. The molecular formula is C17H25ClN2O. The number of benzene rings is 1. The van der Waals surface area contributed by atoms with E-state index < -0.39 is 0 Å². The van der Waals surface area contributed by atoms with Crippen molar-refractivity contribution in [2.24, 2.45) is 5.92 Å². The molecule has 0 aromatic heterocycles. The van der Waals surface area contributed by atoms with E-state index in [9.17, 15) is 4.79 Å². The zero-order valence-electron chi connectivity index (χ0n) is 12.5. The number of amides is 1. The molecule has 0 spiro atoms. The van der Waals surface area contributed by atoms with Crippen LogP contribution >= 0.6 is 12.4 Å². The number of nitrogens with zero attached hydrogens (tertiary/aromatic N) is 1. The van der Waals surface area contributed by atoms with Crippen LogP contribution in [0.15, 0.2) is 30.3 Å². The summed E-state index contributed by atoms with van der Waals surface area (Å²) in [5.74, 6) is 1.23. The smallest absolute Gasteiger partial charge is 0.226 e. The zero-order valence-corrected chi connectivity index (χ0v) is 13.3. The standard InChI is InChI=1S/C17H24N2O.ClH/c20-17(16-7-4-10-18-13-16)19-11-8-15(9-12-19)14-5-2-1-3-6-14;/h1-3,5-6,15-16,18H,4,7-13H2;1H/t16-;/m1./s1. The molecule has 4 heteroatoms. The maximum atomic E-state index is 12.5. The summed E-state index contributed by atoms with van der Waals surface area (Å²) in [5.41, 5.74) is 1.43. The van der Waals surface area contributed by atoms with E-state index >= 15 is 0 Å². The average molecular weight is 309 g/mol. The van der Waals surface area contributed by atoms with Crippen LogP contribution in [0.4, 0.5) is 0 Å². The molecule has 2 aliphatic rings. The Kier molecular flexibility index (Phi) is 6.07. The van der Waals surface area contributed by atoms with E-state index in [1.165, 1.54) is 5.56 Å². The first-order valence-electron chi connectivity index (χ1n) is 7.89. The zero-order chi connectivity index (χ0) is 13.8. The van der Waals surface area contributed by atoms with Gasteiger partial charge in [0.05, 0.1) is 5.92 Å². The van der Waals surface area contributed by atoms with Crippen molar-refractivity contribution in [3.05, 3.63) is 35.9 Å². The van der Waals surface area contributed by atoms with Crippen molar-refractivity contribution in [3.63, 3.8) is 0 Å². The van der Waals surface area contributed by atoms with Crippen molar-refractivity contribution >= 4 is 18.3 Å². The Morgan fingerprint density at radius 1 is 1.10 bits per heavy atom. The van der Waals surface area contributed by atoms with E-state index in [2.05, 4.69) is 40.5 Å². The Morgan fingerprint density at radius 2 is 1.81 bits per heavy atom. The maximum Gasteiger partial charge on any atom is 0.226 e. The molecule has 1 atom stereocenters. The molecule has 2 fully saturated rings. The number of carbonyl (C=O) groups excluding carboxylic acids is 1. The van der Waals surface area contributed by atoms with Crippen LogP contribution in [-0.2, 0) is 4.79 Å². The summed E-state index contributed by atoms with van der Waals surface area (Å²) < 4.78 is 0. The minimum Gasteiger partial charge on any atom is -0.342 e. The van der Waals surface area contributed by atoms with Gasteiger partial charge >= 0.3 is 0 Å². The van der Waals surface area contributed by atoms with E-state index in [0.717, 1.165) is 51.9 Å². The molecule has 3 nitrogen and oxygen atoms in total. The van der Waals surface area contributed by atoms with Gasteiger partial charge in [-0.05, 0) is 43.7 Å². The first-order valence-corrected chi connectivity index (χ1v) is 7.89. The Hall–Kier alpha value is -1.06. The third-order valence-corrected chi connectivity index (χ3v) is 4.72. The molecule has 2 saturated heterocycles. The number of carbonyl (C=O) groups is 1. The van der Waals surface area contributed by atoms with Crippen LogP contribution < -0.4 is 5.32 Å². The highest BCUT2D eigenvalue weighted by atomic mass is 35.5. The van der Waals surface area contributed by atoms with Crippen molar-refractivity contribution < 1.29 is 4.79 Å². The molecule has 2 aliphatic heterocycles. The van der Waals surface area contributed by atoms with Crippen LogP contribution in [0.5, 0.6) is 0 Å². The Morgan fingerprint density at radius 3 is 2.43 bits per heavy atom. The predicted octanol–water partition coefficient (Wildman–Crippen LogP) is 2.81. The lowest BCUT2D eigenvalue weighted by Crippen LogP contribution is -2.45. The molecule has 3 rings (SSSR count). The van der Waals surface area contributed by atoms with Crippen LogP contribution in [0.1, 0.15) is 37.2 Å². The fourth-order valence-electron chi connectivity index (χ4n) is 3.48. The minimum absolute atomic E-state index is 0. The summed E-state index contributed by atoms with van der Waals surface area (Å²) in [6, 6.07) is 10.7. The van der Waals surface area contributed by atoms with Gasteiger partial charge in [-0.2, -0.15) is 0 Å². The molecule has 0 saturated carbocycles. The molecule has 1 aromatic rings. The van der Waals surface area contributed by atoms with Gasteiger partial charge in [-0.1, -0.05) is 30.3 Å². The topological polar surface area (TPSA) is 32.3 Å². The van der Waals surface area contributed by atoms with Crippen molar-refractivity contribution in [2.45, 2.75) is 31.6 Å². The molecule has 116 valence electrons. The van der Waals surface area contributed by atoms with Crippen molar-refractivity contribution in [1.82, 2.24) is 10.2 Å². The summed E-state index contributed by atoms with van der Waals surface area (Å²) in [4.78, 5) is 14.6. The Balaban J connectivity index is 0.00000161. The molecule has 0 aliphatic carbocycles. The number of rotatable bonds is 2. The van der Waals surface area contributed by atoms with E-state index in [-0.39, 0.29) is 18.3 Å². The monoisotopic (exact) mass is 308 g/mol. The third kappa shape index (κ3) is 3.98. The van der Waals surface area contributed by atoms with Crippen LogP contribution in [0.3, 0.4) is 0 Å². The van der Waals surface area contributed by atoms with Crippen LogP contribution in [-0.4, -0.2) is 37.0 Å². The second-order valence-corrected chi connectivity index (χ2v) is 6.05. The summed E-state index contributed by atoms with van der Waals surface area (Å²) in [5, 5.41) is 3.34. The Bertz CT molecular complexity index is 437. The summed E-state index contributed by atoms with van der Waals surface area (Å²) in [6.45, 7) is 3.79. The van der Waals surface area contributed by atoms with E-state index in [1.54, 1.807) is 0 Å². The second-order valence-electron chi connectivity index (χ2n) is 6.05. The lowest BCUT2D eigenvalue weighted by atomic mass is 9.88. The maximum absolute atomic E-state index is 12.5. The lowest BCUT2D eigenvalue weighted by molar-refractivity contribution is -0.137. The average Bonchev–Trinajstić information content (AvgIpc) is 2.56. The van der Waals surface area contributed by atoms with Gasteiger partial charge in [0.15, 0.2) is 0 Å². The number of hydrogen-bond acceptors (Lipinski definition) is 2. The Labute approximate surface area is 133 Å². The summed E-state index contributed by atoms with van der Waals surface area (Å²) in [6.07, 6.45) is 4.41. The van der Waals surface area contributed by atoms with E-state index in [1.807, 2.05) is 0 Å². The van der Waals surface area contributed by atoms with Crippen molar-refractivity contribution in [2.75, 3.05) is 26.2 Å². The molecule has 1 N–H and O–H groups in total. The van der Waals surface area contributed by atoms with Gasteiger partial charge in [-0.3, -0.25) is 4.79 Å². The fourth-order valence-corrected chi connectivity index (χ4v) is 3.48. The van der Waals surface area contributed by atoms with Gasteiger partial charge in [-0.15, -0.1) is 12.4 Å². The van der Waals surface area contributed by atoms with Gasteiger partial charge in [0, 0.05) is 19.6 Å². The second kappa shape index (κ2) is 7.81. The lowest BCUT2D eigenvalue weighted by Gasteiger charge is -2.35. The van der Waals surface area contributed by atoms with Gasteiger partial charge in [-0.25, -0.2) is 0 Å². The molecular weight excluding hydrogens is 284 g/mol. The van der Waals surface area contributed by atoms with Crippen molar-refractivity contribution in [3.8, 4) is 0 Å². The molecule has 1 amide bonds. The van der Waals surface area contributed by atoms with Crippen molar-refractivity contribution in [1.29, 1.82) is 0 Å².